The number of para-hydroxylation sites is 2. The predicted molar refractivity (Wildman–Crippen MR) is 220 cm³/mol. The average molecular weight is 671 g/mol. The van der Waals surface area contributed by atoms with Gasteiger partial charge in [0.25, 0.3) is 0 Å². The van der Waals surface area contributed by atoms with Gasteiger partial charge in [-0.25, -0.2) is 0 Å². The molecule has 0 unspecified atom stereocenters. The van der Waals surface area contributed by atoms with Gasteiger partial charge in [0.05, 0.1) is 27.8 Å². The first-order valence-corrected chi connectivity index (χ1v) is 17.7. The van der Waals surface area contributed by atoms with Gasteiger partial charge in [-0.2, -0.15) is 0 Å². The van der Waals surface area contributed by atoms with E-state index in [0.717, 1.165) is 39.5 Å². The molecular formula is C48H31ClN2. The van der Waals surface area contributed by atoms with E-state index in [1.807, 2.05) is 0 Å². The SMILES string of the molecule is Clc1c(N(c2ccccc2)c2cccc3c2ccc2ccccc23)cccc1N(c1ccccc1)c1ccc2ccc3cccc4ccc1c2c34. The van der Waals surface area contributed by atoms with Crippen molar-refractivity contribution in [2.75, 3.05) is 9.80 Å². The molecule has 0 amide bonds. The highest BCUT2D eigenvalue weighted by molar-refractivity contribution is 6.37. The lowest BCUT2D eigenvalue weighted by molar-refractivity contribution is 1.26. The number of anilines is 6. The van der Waals surface area contributed by atoms with E-state index < -0.39 is 0 Å². The maximum Gasteiger partial charge on any atom is 0.0887 e. The van der Waals surface area contributed by atoms with Crippen LogP contribution in [0.25, 0.3) is 53.9 Å². The van der Waals surface area contributed by atoms with Gasteiger partial charge in [0.1, 0.15) is 0 Å². The number of hydrogen-bond acceptors (Lipinski definition) is 2. The average Bonchev–Trinajstić information content (AvgIpc) is 3.19. The summed E-state index contributed by atoms with van der Waals surface area (Å²) >= 11 is 7.76. The van der Waals surface area contributed by atoms with Crippen LogP contribution in [0.15, 0.2) is 188 Å². The Morgan fingerprint density at radius 3 is 1.43 bits per heavy atom. The Hall–Kier alpha value is -6.35. The monoisotopic (exact) mass is 670 g/mol. The van der Waals surface area contributed by atoms with Crippen molar-refractivity contribution in [1.29, 1.82) is 0 Å². The lowest BCUT2D eigenvalue weighted by Gasteiger charge is -2.32. The van der Waals surface area contributed by atoms with Gasteiger partial charge in [-0.05, 0) is 91.6 Å². The van der Waals surface area contributed by atoms with Gasteiger partial charge in [-0.3, -0.25) is 0 Å². The molecule has 0 spiro atoms. The maximum atomic E-state index is 7.76. The molecule has 0 saturated carbocycles. The van der Waals surface area contributed by atoms with E-state index in [1.54, 1.807) is 0 Å². The first-order valence-electron chi connectivity index (χ1n) is 17.3. The molecule has 0 heterocycles. The van der Waals surface area contributed by atoms with Crippen molar-refractivity contribution < 1.29 is 0 Å². The van der Waals surface area contributed by atoms with Crippen LogP contribution in [0.5, 0.6) is 0 Å². The van der Waals surface area contributed by atoms with Crippen molar-refractivity contribution in [2.45, 2.75) is 0 Å². The van der Waals surface area contributed by atoms with Crippen LogP contribution in [0.4, 0.5) is 34.1 Å². The summed E-state index contributed by atoms with van der Waals surface area (Å²) < 4.78 is 0. The fourth-order valence-electron chi connectivity index (χ4n) is 7.96. The second-order valence-corrected chi connectivity index (χ2v) is 13.4. The minimum absolute atomic E-state index is 0.661. The second kappa shape index (κ2) is 11.9. The van der Waals surface area contributed by atoms with Crippen LogP contribution in [-0.2, 0) is 0 Å². The van der Waals surface area contributed by atoms with Crippen LogP contribution in [0.2, 0.25) is 5.02 Å². The zero-order valence-electron chi connectivity index (χ0n) is 27.7. The molecule has 10 rings (SSSR count). The molecule has 3 heteroatoms. The molecule has 0 fully saturated rings. The molecule has 10 aromatic rings. The molecule has 2 nitrogen and oxygen atoms in total. The van der Waals surface area contributed by atoms with Crippen LogP contribution in [-0.4, -0.2) is 0 Å². The number of benzene rings is 10. The highest BCUT2D eigenvalue weighted by atomic mass is 35.5. The van der Waals surface area contributed by atoms with Gasteiger partial charge in [0, 0.05) is 22.1 Å². The lowest BCUT2D eigenvalue weighted by Crippen LogP contribution is -2.15. The van der Waals surface area contributed by atoms with Crippen LogP contribution in [0.1, 0.15) is 0 Å². The summed E-state index contributed by atoms with van der Waals surface area (Å²) in [5.41, 5.74) is 6.02. The van der Waals surface area contributed by atoms with Crippen molar-refractivity contribution in [2.24, 2.45) is 0 Å². The Morgan fingerprint density at radius 1 is 0.275 bits per heavy atom. The van der Waals surface area contributed by atoms with Crippen LogP contribution in [0, 0.1) is 0 Å². The molecule has 0 saturated heterocycles. The van der Waals surface area contributed by atoms with Gasteiger partial charge in [0.2, 0.25) is 0 Å². The van der Waals surface area contributed by atoms with Crippen molar-refractivity contribution in [3.8, 4) is 0 Å². The summed E-state index contributed by atoms with van der Waals surface area (Å²) in [5.74, 6) is 0. The van der Waals surface area contributed by atoms with E-state index in [0.29, 0.717) is 5.02 Å². The van der Waals surface area contributed by atoms with Gasteiger partial charge in [-0.15, -0.1) is 0 Å². The number of rotatable bonds is 6. The largest absolute Gasteiger partial charge is 0.308 e. The highest BCUT2D eigenvalue weighted by Crippen LogP contribution is 2.50. The number of hydrogen-bond donors (Lipinski definition) is 0. The van der Waals surface area contributed by atoms with Crippen LogP contribution in [0.3, 0.4) is 0 Å². The number of halogens is 1. The summed E-state index contributed by atoms with van der Waals surface area (Å²) in [6, 6.07) is 67.1. The molecule has 0 aliphatic heterocycles. The Morgan fingerprint density at radius 2 is 0.725 bits per heavy atom. The summed E-state index contributed by atoms with van der Waals surface area (Å²) in [6.45, 7) is 0. The first-order chi connectivity index (χ1) is 25.2. The summed E-state index contributed by atoms with van der Waals surface area (Å²) in [6.07, 6.45) is 0. The standard InChI is InChI=1S/C48H31ClN2/c49-48-44(50(36-15-3-1-4-16-36)42-21-10-20-39-38-19-8-7-12-32(38)26-29-40(39)42)22-11-23-45(48)51(37-17-5-2-6-18-37)43-31-28-35-25-24-33-13-9-14-34-27-30-41(43)47(35)46(33)34/h1-31H. The van der Waals surface area contributed by atoms with Gasteiger partial charge < -0.3 is 9.80 Å². The van der Waals surface area contributed by atoms with E-state index in [2.05, 4.69) is 198 Å². The van der Waals surface area contributed by atoms with E-state index in [4.69, 9.17) is 11.6 Å². The number of nitrogens with zero attached hydrogens (tertiary/aromatic N) is 2. The molecule has 0 aliphatic rings. The Balaban J connectivity index is 1.23. The van der Waals surface area contributed by atoms with Crippen molar-refractivity contribution in [1.82, 2.24) is 0 Å². The highest BCUT2D eigenvalue weighted by Gasteiger charge is 2.25. The fraction of sp³-hybridized carbons (Fsp3) is 0. The smallest absolute Gasteiger partial charge is 0.0887 e. The summed E-state index contributed by atoms with van der Waals surface area (Å²) in [5, 5.41) is 12.9. The molecule has 0 atom stereocenters. The molecule has 10 aromatic carbocycles. The van der Waals surface area contributed by atoms with E-state index >= 15 is 0 Å². The third-order valence-electron chi connectivity index (χ3n) is 10.2. The Labute approximate surface area is 301 Å². The lowest BCUT2D eigenvalue weighted by atomic mass is 9.93. The zero-order chi connectivity index (χ0) is 33.9. The van der Waals surface area contributed by atoms with E-state index in [9.17, 15) is 0 Å². The van der Waals surface area contributed by atoms with Crippen molar-refractivity contribution in [3.63, 3.8) is 0 Å². The van der Waals surface area contributed by atoms with E-state index in [1.165, 1.54) is 48.5 Å². The normalized spacial score (nSPS) is 11.6. The Bertz CT molecular complexity index is 2870. The fourth-order valence-corrected chi connectivity index (χ4v) is 8.25. The minimum Gasteiger partial charge on any atom is -0.308 e. The summed E-state index contributed by atoms with van der Waals surface area (Å²) in [4.78, 5) is 4.62. The molecule has 51 heavy (non-hydrogen) atoms. The van der Waals surface area contributed by atoms with Crippen LogP contribution < -0.4 is 9.80 Å². The van der Waals surface area contributed by atoms with Crippen LogP contribution >= 0.6 is 11.6 Å². The third-order valence-corrected chi connectivity index (χ3v) is 10.6. The number of fused-ring (bicyclic) bond motifs is 3. The molecule has 0 N–H and O–H groups in total. The second-order valence-electron chi connectivity index (χ2n) is 13.1. The summed E-state index contributed by atoms with van der Waals surface area (Å²) in [7, 11) is 0. The topological polar surface area (TPSA) is 6.48 Å². The van der Waals surface area contributed by atoms with Gasteiger partial charge in [-0.1, -0.05) is 151 Å². The van der Waals surface area contributed by atoms with Crippen molar-refractivity contribution >= 4 is 99.6 Å². The first kappa shape index (κ1) is 29.6. The molecule has 0 aliphatic carbocycles. The molecule has 0 aromatic heterocycles. The van der Waals surface area contributed by atoms with Crippen molar-refractivity contribution in [3.05, 3.63) is 193 Å². The minimum atomic E-state index is 0.661. The molecular weight excluding hydrogens is 640 g/mol. The quantitative estimate of drug-likeness (QED) is 0.162. The van der Waals surface area contributed by atoms with Gasteiger partial charge >= 0.3 is 0 Å². The Kier molecular flexibility index (Phi) is 6.90. The maximum absolute atomic E-state index is 7.76. The molecule has 0 bridgehead atoms. The molecule has 240 valence electrons. The molecule has 0 radical (unpaired) electrons. The third kappa shape index (κ3) is 4.72. The van der Waals surface area contributed by atoms with E-state index in [-0.39, 0.29) is 0 Å². The van der Waals surface area contributed by atoms with Gasteiger partial charge in [0.15, 0.2) is 0 Å². The predicted octanol–water partition coefficient (Wildman–Crippen LogP) is 14.5. The zero-order valence-corrected chi connectivity index (χ0v) is 28.4.